The third kappa shape index (κ3) is 5.30. The summed E-state index contributed by atoms with van der Waals surface area (Å²) in [4.78, 5) is 12.5. The van der Waals surface area contributed by atoms with Gasteiger partial charge in [0, 0.05) is 17.8 Å². The van der Waals surface area contributed by atoms with Crippen LogP contribution in [0.1, 0.15) is 30.1 Å². The molecule has 0 radical (unpaired) electrons. The van der Waals surface area contributed by atoms with E-state index < -0.39 is 10.0 Å². The van der Waals surface area contributed by atoms with Crippen LogP contribution in [0.3, 0.4) is 0 Å². The molecule has 0 heterocycles. The molecule has 2 aromatic carbocycles. The molecule has 6 nitrogen and oxygen atoms in total. The van der Waals surface area contributed by atoms with Gasteiger partial charge >= 0.3 is 0 Å². The van der Waals surface area contributed by atoms with E-state index in [1.807, 2.05) is 6.92 Å². The molecule has 8 heteroatoms. The lowest BCUT2D eigenvalue weighted by atomic mass is 10.2. The zero-order chi connectivity index (χ0) is 19.2. The summed E-state index contributed by atoms with van der Waals surface area (Å²) < 4.78 is 32.9. The van der Waals surface area contributed by atoms with E-state index in [-0.39, 0.29) is 10.8 Å². The van der Waals surface area contributed by atoms with Crippen LogP contribution in [0.2, 0.25) is 0 Å². The summed E-state index contributed by atoms with van der Waals surface area (Å²) in [6, 6.07) is 11.1. The van der Waals surface area contributed by atoms with E-state index in [1.54, 1.807) is 37.4 Å². The van der Waals surface area contributed by atoms with Crippen LogP contribution in [-0.2, 0) is 10.0 Å². The van der Waals surface area contributed by atoms with Crippen LogP contribution in [0, 0.1) is 0 Å². The first-order chi connectivity index (χ1) is 12.4. The van der Waals surface area contributed by atoms with Crippen molar-refractivity contribution in [2.75, 3.05) is 19.0 Å². The molecule has 26 heavy (non-hydrogen) atoms. The highest BCUT2D eigenvalue weighted by atomic mass is 79.9. The Kier molecular flexibility index (Phi) is 7.19. The largest absolute Gasteiger partial charge is 0.496 e. The number of ether oxygens (including phenoxy) is 1. The highest BCUT2D eigenvalue weighted by molar-refractivity contribution is 9.10. The molecule has 0 bridgehead atoms. The van der Waals surface area contributed by atoms with Crippen molar-refractivity contribution in [2.45, 2.75) is 24.7 Å². The number of unbranched alkanes of at least 4 members (excludes halogenated alkanes) is 1. The standard InChI is InChI=1S/C18H21BrN2O4S/c1-3-4-10-20-26(23,24)15-7-5-6-14(12-15)21-18(22)13-8-9-17(25-2)16(19)11-13/h5-9,11-12,20H,3-4,10H2,1-2H3,(H,21,22). The molecule has 0 aliphatic carbocycles. The first-order valence-electron chi connectivity index (χ1n) is 8.12. The second kappa shape index (κ2) is 9.16. The lowest BCUT2D eigenvalue weighted by Crippen LogP contribution is -2.24. The maximum atomic E-state index is 12.4. The van der Waals surface area contributed by atoms with Gasteiger partial charge in [-0.05, 0) is 58.7 Å². The van der Waals surface area contributed by atoms with Gasteiger partial charge in [-0.1, -0.05) is 19.4 Å². The van der Waals surface area contributed by atoms with Crippen molar-refractivity contribution in [3.63, 3.8) is 0 Å². The summed E-state index contributed by atoms with van der Waals surface area (Å²) in [7, 11) is -2.05. The lowest BCUT2D eigenvalue weighted by molar-refractivity contribution is 0.102. The minimum Gasteiger partial charge on any atom is -0.496 e. The highest BCUT2D eigenvalue weighted by Gasteiger charge is 2.15. The third-order valence-corrected chi connectivity index (χ3v) is 5.72. The number of carbonyl (C=O) groups excluding carboxylic acids is 1. The number of sulfonamides is 1. The Balaban J connectivity index is 2.15. The number of methoxy groups -OCH3 is 1. The summed E-state index contributed by atoms with van der Waals surface area (Å²) in [5.74, 6) is 0.273. The van der Waals surface area contributed by atoms with Crippen molar-refractivity contribution >= 4 is 37.5 Å². The van der Waals surface area contributed by atoms with Gasteiger partial charge in [0.15, 0.2) is 0 Å². The maximum Gasteiger partial charge on any atom is 0.255 e. The molecule has 2 aromatic rings. The van der Waals surface area contributed by atoms with E-state index in [4.69, 9.17) is 4.74 Å². The quantitative estimate of drug-likeness (QED) is 0.611. The van der Waals surface area contributed by atoms with Crippen LogP contribution in [0.25, 0.3) is 0 Å². The SMILES string of the molecule is CCCCNS(=O)(=O)c1cccc(NC(=O)c2ccc(OC)c(Br)c2)c1. The van der Waals surface area contributed by atoms with E-state index in [9.17, 15) is 13.2 Å². The molecular weight excluding hydrogens is 420 g/mol. The second-order valence-corrected chi connectivity index (χ2v) is 8.20. The fourth-order valence-electron chi connectivity index (χ4n) is 2.22. The van der Waals surface area contributed by atoms with Crippen molar-refractivity contribution in [1.82, 2.24) is 4.72 Å². The number of carbonyl (C=O) groups is 1. The second-order valence-electron chi connectivity index (χ2n) is 5.58. The van der Waals surface area contributed by atoms with E-state index in [2.05, 4.69) is 26.0 Å². The van der Waals surface area contributed by atoms with Crippen molar-refractivity contribution in [2.24, 2.45) is 0 Å². The summed E-state index contributed by atoms with van der Waals surface area (Å²) >= 11 is 3.34. The first kappa shape index (κ1) is 20.4. The van der Waals surface area contributed by atoms with Crippen LogP contribution >= 0.6 is 15.9 Å². The molecule has 0 aliphatic rings. The molecule has 0 saturated carbocycles. The molecule has 0 atom stereocenters. The van der Waals surface area contributed by atoms with E-state index in [1.165, 1.54) is 12.1 Å². The number of nitrogens with one attached hydrogen (secondary N) is 2. The Hall–Kier alpha value is -1.90. The molecule has 0 unspecified atom stereocenters. The number of amides is 1. The van der Waals surface area contributed by atoms with Crippen LogP contribution in [0.5, 0.6) is 5.75 Å². The first-order valence-corrected chi connectivity index (χ1v) is 10.4. The fourth-order valence-corrected chi connectivity index (χ4v) is 3.88. The summed E-state index contributed by atoms with van der Waals surface area (Å²) in [5, 5.41) is 2.71. The van der Waals surface area contributed by atoms with E-state index >= 15 is 0 Å². The van der Waals surface area contributed by atoms with Crippen molar-refractivity contribution < 1.29 is 17.9 Å². The number of halogens is 1. The summed E-state index contributed by atoms with van der Waals surface area (Å²) in [6.45, 7) is 2.37. The van der Waals surface area contributed by atoms with Crippen LogP contribution < -0.4 is 14.8 Å². The number of anilines is 1. The zero-order valence-corrected chi connectivity index (χ0v) is 17.0. The molecule has 1 amide bonds. The van der Waals surface area contributed by atoms with Gasteiger partial charge in [0.1, 0.15) is 5.75 Å². The molecular formula is C18H21BrN2O4S. The van der Waals surface area contributed by atoms with Gasteiger partial charge in [0.25, 0.3) is 5.91 Å². The molecule has 0 aliphatic heterocycles. The summed E-state index contributed by atoms with van der Waals surface area (Å²) in [5.41, 5.74) is 0.826. The van der Waals surface area contributed by atoms with Gasteiger partial charge in [-0.2, -0.15) is 0 Å². The average molecular weight is 441 g/mol. The van der Waals surface area contributed by atoms with Gasteiger partial charge in [-0.15, -0.1) is 0 Å². The van der Waals surface area contributed by atoms with E-state index in [0.29, 0.717) is 28.0 Å². The monoisotopic (exact) mass is 440 g/mol. The van der Waals surface area contributed by atoms with Crippen LogP contribution in [0.4, 0.5) is 5.69 Å². The van der Waals surface area contributed by atoms with Crippen molar-refractivity contribution in [3.05, 3.63) is 52.5 Å². The number of hydrogen-bond donors (Lipinski definition) is 2. The Morgan fingerprint density at radius 3 is 2.62 bits per heavy atom. The molecule has 140 valence electrons. The topological polar surface area (TPSA) is 84.5 Å². The molecule has 0 saturated heterocycles. The van der Waals surface area contributed by atoms with E-state index in [0.717, 1.165) is 12.8 Å². The fraction of sp³-hybridized carbons (Fsp3) is 0.278. The van der Waals surface area contributed by atoms with Crippen LogP contribution in [-0.4, -0.2) is 28.0 Å². The molecule has 2 rings (SSSR count). The molecule has 0 fully saturated rings. The third-order valence-electron chi connectivity index (χ3n) is 3.64. The van der Waals surface area contributed by atoms with Gasteiger partial charge < -0.3 is 10.1 Å². The van der Waals surface area contributed by atoms with Gasteiger partial charge in [0.2, 0.25) is 10.0 Å². The average Bonchev–Trinajstić information content (AvgIpc) is 2.62. The van der Waals surface area contributed by atoms with Crippen molar-refractivity contribution in [3.8, 4) is 5.75 Å². The Morgan fingerprint density at radius 2 is 1.96 bits per heavy atom. The smallest absolute Gasteiger partial charge is 0.255 e. The molecule has 2 N–H and O–H groups in total. The summed E-state index contributed by atoms with van der Waals surface area (Å²) in [6.07, 6.45) is 1.66. The van der Waals surface area contributed by atoms with Crippen LogP contribution in [0.15, 0.2) is 51.8 Å². The minimum atomic E-state index is -3.60. The number of hydrogen-bond acceptors (Lipinski definition) is 4. The Morgan fingerprint density at radius 1 is 1.19 bits per heavy atom. The Bertz CT molecular complexity index is 885. The molecule has 0 spiro atoms. The Labute approximate surface area is 162 Å². The number of rotatable bonds is 8. The molecule has 0 aromatic heterocycles. The predicted octanol–water partition coefficient (Wildman–Crippen LogP) is 3.79. The normalized spacial score (nSPS) is 11.2. The van der Waals surface area contributed by atoms with Gasteiger partial charge in [-0.25, -0.2) is 13.1 Å². The highest BCUT2D eigenvalue weighted by Crippen LogP contribution is 2.26. The number of benzene rings is 2. The van der Waals surface area contributed by atoms with Crippen molar-refractivity contribution in [1.29, 1.82) is 0 Å². The van der Waals surface area contributed by atoms with Gasteiger partial charge in [-0.3, -0.25) is 4.79 Å². The minimum absolute atomic E-state index is 0.113. The lowest BCUT2D eigenvalue weighted by Gasteiger charge is -2.10. The van der Waals surface area contributed by atoms with Gasteiger partial charge in [0.05, 0.1) is 16.5 Å². The zero-order valence-electron chi connectivity index (χ0n) is 14.6. The maximum absolute atomic E-state index is 12.4. The predicted molar refractivity (Wildman–Crippen MR) is 105 cm³/mol.